The van der Waals surface area contributed by atoms with Crippen molar-refractivity contribution in [1.82, 2.24) is 0 Å². The molecule has 0 aliphatic heterocycles. The second kappa shape index (κ2) is 10.2. The maximum atomic E-state index is 6.32. The van der Waals surface area contributed by atoms with Gasteiger partial charge in [0.15, 0.2) is 0 Å². The van der Waals surface area contributed by atoms with E-state index in [0.717, 1.165) is 27.5 Å². The van der Waals surface area contributed by atoms with Crippen LogP contribution >= 0.6 is 0 Å². The molecule has 43 heavy (non-hydrogen) atoms. The van der Waals surface area contributed by atoms with Crippen LogP contribution in [0.25, 0.3) is 82.9 Å². The number of allylic oxidation sites excluding steroid dienone is 1. The fourth-order valence-corrected chi connectivity index (χ4v) is 6.85. The van der Waals surface area contributed by atoms with Crippen LogP contribution in [-0.2, 0) is 0 Å². The quantitative estimate of drug-likeness (QED) is 0.212. The van der Waals surface area contributed by atoms with Crippen LogP contribution in [0.15, 0.2) is 144 Å². The highest BCUT2D eigenvalue weighted by atomic mass is 16.3. The van der Waals surface area contributed by atoms with Crippen molar-refractivity contribution < 1.29 is 4.42 Å². The highest BCUT2D eigenvalue weighted by Crippen LogP contribution is 2.44. The normalized spacial score (nSPS) is 11.9. The zero-order valence-corrected chi connectivity index (χ0v) is 24.3. The molecule has 0 bridgehead atoms. The summed E-state index contributed by atoms with van der Waals surface area (Å²) in [6, 6.07) is 48.0. The van der Waals surface area contributed by atoms with Gasteiger partial charge in [0.25, 0.3) is 0 Å². The molecule has 204 valence electrons. The molecule has 8 aromatic rings. The average Bonchev–Trinajstić information content (AvgIpc) is 3.43. The highest BCUT2D eigenvalue weighted by molar-refractivity contribution is 6.12. The molecule has 0 aliphatic carbocycles. The fraction of sp³-hybridized carbons (Fsp3) is 0.0476. The van der Waals surface area contributed by atoms with E-state index in [1.54, 1.807) is 0 Å². The predicted octanol–water partition coefficient (Wildman–Crippen LogP) is 12.2. The Bertz CT molecular complexity index is 2360. The lowest BCUT2D eigenvalue weighted by atomic mass is 9.83. The Morgan fingerprint density at radius 1 is 0.488 bits per heavy atom. The second-order valence-electron chi connectivity index (χ2n) is 11.3. The Hall–Kier alpha value is -5.40. The highest BCUT2D eigenvalue weighted by Gasteiger charge is 2.19. The topological polar surface area (TPSA) is 13.1 Å². The Balaban J connectivity index is 1.38. The van der Waals surface area contributed by atoms with E-state index in [4.69, 9.17) is 4.42 Å². The summed E-state index contributed by atoms with van der Waals surface area (Å²) in [4.78, 5) is 0. The Labute approximate surface area is 251 Å². The summed E-state index contributed by atoms with van der Waals surface area (Å²) >= 11 is 0. The van der Waals surface area contributed by atoms with Gasteiger partial charge in [-0.25, -0.2) is 0 Å². The molecule has 0 N–H and O–H groups in total. The van der Waals surface area contributed by atoms with Crippen LogP contribution in [0.4, 0.5) is 0 Å². The lowest BCUT2D eigenvalue weighted by Gasteiger charge is -2.20. The van der Waals surface area contributed by atoms with Crippen molar-refractivity contribution in [2.75, 3.05) is 0 Å². The molecule has 0 saturated heterocycles. The lowest BCUT2D eigenvalue weighted by molar-refractivity contribution is 0.669. The van der Waals surface area contributed by atoms with Crippen molar-refractivity contribution in [2.45, 2.75) is 13.8 Å². The first-order chi connectivity index (χ1) is 21.2. The van der Waals surface area contributed by atoms with Gasteiger partial charge in [-0.3, -0.25) is 0 Å². The third-order valence-electron chi connectivity index (χ3n) is 8.77. The second-order valence-corrected chi connectivity index (χ2v) is 11.3. The van der Waals surface area contributed by atoms with Crippen LogP contribution in [0.3, 0.4) is 0 Å². The monoisotopic (exact) mass is 550 g/mol. The van der Waals surface area contributed by atoms with E-state index in [9.17, 15) is 0 Å². The van der Waals surface area contributed by atoms with E-state index in [-0.39, 0.29) is 0 Å². The van der Waals surface area contributed by atoms with Crippen molar-refractivity contribution >= 4 is 49.6 Å². The van der Waals surface area contributed by atoms with Crippen LogP contribution in [0, 0.1) is 6.92 Å². The molecule has 0 fully saturated rings. The molecule has 0 radical (unpaired) electrons. The molecule has 0 saturated carbocycles. The number of fused-ring (bicyclic) bond motifs is 5. The minimum Gasteiger partial charge on any atom is -0.456 e. The molecule has 0 unspecified atom stereocenters. The predicted molar refractivity (Wildman–Crippen MR) is 184 cm³/mol. The fourth-order valence-electron chi connectivity index (χ4n) is 6.85. The number of hydrogen-bond donors (Lipinski definition) is 0. The minimum absolute atomic E-state index is 0.915. The van der Waals surface area contributed by atoms with Gasteiger partial charge >= 0.3 is 0 Å². The third-order valence-corrected chi connectivity index (χ3v) is 8.77. The Kier molecular flexibility index (Phi) is 5.98. The smallest absolute Gasteiger partial charge is 0.136 e. The maximum absolute atomic E-state index is 6.32. The molecule has 1 heteroatoms. The maximum Gasteiger partial charge on any atom is 0.136 e. The van der Waals surface area contributed by atoms with Gasteiger partial charge in [-0.2, -0.15) is 0 Å². The van der Waals surface area contributed by atoms with Gasteiger partial charge in [0.1, 0.15) is 11.2 Å². The SMILES string of the molecule is C/C=C\c1c(C)c(-c2cccc(-c3cccc4ccccc34)c2)c2ccccc2c1-c1ccc2c(c1)oc1ccccc12. The molecule has 0 spiro atoms. The number of hydrogen-bond acceptors (Lipinski definition) is 1. The van der Waals surface area contributed by atoms with Gasteiger partial charge in [-0.05, 0) is 104 Å². The third kappa shape index (κ3) is 4.08. The Morgan fingerprint density at radius 3 is 1.95 bits per heavy atom. The zero-order chi connectivity index (χ0) is 28.9. The van der Waals surface area contributed by atoms with Crippen molar-refractivity contribution in [3.05, 3.63) is 151 Å². The number of rotatable bonds is 4. The number of para-hydroxylation sites is 1. The summed E-state index contributed by atoms with van der Waals surface area (Å²) in [5.74, 6) is 0. The molecular formula is C42H30O. The summed E-state index contributed by atoms with van der Waals surface area (Å²) in [7, 11) is 0. The van der Waals surface area contributed by atoms with E-state index in [2.05, 4.69) is 147 Å². The van der Waals surface area contributed by atoms with Crippen LogP contribution in [0.2, 0.25) is 0 Å². The van der Waals surface area contributed by atoms with E-state index in [0.29, 0.717) is 0 Å². The average molecular weight is 551 g/mol. The van der Waals surface area contributed by atoms with Gasteiger partial charge in [-0.15, -0.1) is 0 Å². The van der Waals surface area contributed by atoms with Crippen molar-refractivity contribution in [3.63, 3.8) is 0 Å². The van der Waals surface area contributed by atoms with Gasteiger partial charge < -0.3 is 4.42 Å². The first kappa shape index (κ1) is 25.3. The molecule has 1 aromatic heterocycles. The minimum atomic E-state index is 0.915. The van der Waals surface area contributed by atoms with E-state index in [1.807, 2.05) is 12.1 Å². The standard InChI is InChI=1S/C42H30O/c1-3-12-32-27(2)41(30-16-10-15-29(25-30)34-21-11-14-28-13-4-5-17-33(28)34)37-19-6-7-20-38(37)42(32)31-23-24-36-35-18-8-9-22-39(35)43-40(36)26-31/h3-26H,1-2H3/b12-3-. The van der Waals surface area contributed by atoms with E-state index >= 15 is 0 Å². The summed E-state index contributed by atoms with van der Waals surface area (Å²) in [5.41, 5.74) is 11.7. The summed E-state index contributed by atoms with van der Waals surface area (Å²) in [5, 5.41) is 7.32. The van der Waals surface area contributed by atoms with Crippen molar-refractivity contribution in [2.24, 2.45) is 0 Å². The van der Waals surface area contributed by atoms with Gasteiger partial charge in [0.05, 0.1) is 0 Å². The zero-order valence-electron chi connectivity index (χ0n) is 24.3. The van der Waals surface area contributed by atoms with Gasteiger partial charge in [0.2, 0.25) is 0 Å². The van der Waals surface area contributed by atoms with Crippen LogP contribution in [0.5, 0.6) is 0 Å². The van der Waals surface area contributed by atoms with Gasteiger partial charge in [-0.1, -0.05) is 121 Å². The largest absolute Gasteiger partial charge is 0.456 e. The van der Waals surface area contributed by atoms with Crippen LogP contribution in [-0.4, -0.2) is 0 Å². The van der Waals surface area contributed by atoms with E-state index < -0.39 is 0 Å². The summed E-state index contributed by atoms with van der Waals surface area (Å²) < 4.78 is 6.32. The van der Waals surface area contributed by atoms with E-state index in [1.165, 1.54) is 60.5 Å². The van der Waals surface area contributed by atoms with Crippen molar-refractivity contribution in [3.8, 4) is 33.4 Å². The van der Waals surface area contributed by atoms with Crippen LogP contribution in [0.1, 0.15) is 18.1 Å². The molecule has 0 aliphatic rings. The molecule has 7 aromatic carbocycles. The number of benzene rings is 7. The van der Waals surface area contributed by atoms with Crippen LogP contribution < -0.4 is 0 Å². The molecular weight excluding hydrogens is 520 g/mol. The summed E-state index contributed by atoms with van der Waals surface area (Å²) in [6.07, 6.45) is 4.41. The first-order valence-corrected chi connectivity index (χ1v) is 14.9. The van der Waals surface area contributed by atoms with Crippen molar-refractivity contribution in [1.29, 1.82) is 0 Å². The first-order valence-electron chi connectivity index (χ1n) is 14.9. The number of furan rings is 1. The Morgan fingerprint density at radius 2 is 1.12 bits per heavy atom. The summed E-state index contributed by atoms with van der Waals surface area (Å²) in [6.45, 7) is 4.37. The molecule has 8 rings (SSSR count). The molecule has 0 atom stereocenters. The lowest BCUT2D eigenvalue weighted by Crippen LogP contribution is -1.96. The van der Waals surface area contributed by atoms with Gasteiger partial charge in [0, 0.05) is 10.8 Å². The molecule has 1 nitrogen and oxygen atoms in total. The molecule has 1 heterocycles. The molecule has 0 amide bonds.